The molecule has 0 saturated carbocycles. The summed E-state index contributed by atoms with van der Waals surface area (Å²) in [6, 6.07) is 8.02. The quantitative estimate of drug-likeness (QED) is 0.717. The van der Waals surface area contributed by atoms with E-state index in [2.05, 4.69) is 0 Å². The summed E-state index contributed by atoms with van der Waals surface area (Å²) < 4.78 is 11.2. The van der Waals surface area contributed by atoms with E-state index in [4.69, 9.17) is 0 Å². The average Bonchev–Trinajstić information content (AvgIpc) is 2.09. The van der Waals surface area contributed by atoms with Crippen LogP contribution in [-0.2, 0) is 4.57 Å². The first kappa shape index (κ1) is 10.2. The first-order chi connectivity index (χ1) is 5.74. The second-order valence-electron chi connectivity index (χ2n) is 2.32. The monoisotopic (exact) mass is 218 g/mol. The van der Waals surface area contributed by atoms with Gasteiger partial charge in [0.2, 0.25) is 0 Å². The summed E-state index contributed by atoms with van der Waals surface area (Å²) in [5.74, 6) is 0. The number of benzene rings is 1. The molecule has 1 atom stereocenters. The molecule has 0 heterocycles. The van der Waals surface area contributed by atoms with Crippen molar-refractivity contribution in [2.45, 2.75) is 11.8 Å². The lowest BCUT2D eigenvalue weighted by Crippen LogP contribution is -1.73. The van der Waals surface area contributed by atoms with Crippen LogP contribution < -0.4 is 0 Å². The van der Waals surface area contributed by atoms with Crippen molar-refractivity contribution in [2.24, 2.45) is 0 Å². The summed E-state index contributed by atoms with van der Waals surface area (Å²) in [6.07, 6.45) is 0.361. The van der Waals surface area contributed by atoms with Crippen LogP contribution in [0.3, 0.4) is 0 Å². The third-order valence-corrected chi connectivity index (χ3v) is 7.04. The van der Waals surface area contributed by atoms with Crippen LogP contribution in [0.25, 0.3) is 0 Å². The smallest absolute Gasteiger partial charge is 0.184 e. The number of hydrogen-bond donors (Lipinski definition) is 0. The van der Waals surface area contributed by atoms with Gasteiger partial charge in [0.1, 0.15) is 0 Å². The Bertz CT molecular complexity index is 288. The third kappa shape index (κ3) is 2.89. The van der Waals surface area contributed by atoms with Gasteiger partial charge in [-0.1, -0.05) is 41.0 Å². The van der Waals surface area contributed by atoms with E-state index in [0.717, 1.165) is 4.90 Å². The molecule has 1 aromatic rings. The van der Waals surface area contributed by atoms with E-state index in [1.54, 1.807) is 0 Å². The van der Waals surface area contributed by atoms with Crippen LogP contribution >= 0.6 is 29.0 Å². The predicted molar refractivity (Wildman–Crippen MR) is 59.6 cm³/mol. The highest BCUT2D eigenvalue weighted by molar-refractivity contribution is 8.84. The minimum absolute atomic E-state index is 1.13. The zero-order chi connectivity index (χ0) is 8.97. The summed E-state index contributed by atoms with van der Waals surface area (Å²) >= 11 is 2.92. The third-order valence-electron chi connectivity index (χ3n) is 1.45. The fourth-order valence-corrected chi connectivity index (χ4v) is 4.47. The average molecular weight is 218 g/mol. The van der Waals surface area contributed by atoms with E-state index < -0.39 is 6.20 Å². The van der Waals surface area contributed by atoms with Gasteiger partial charge >= 0.3 is 0 Å². The van der Waals surface area contributed by atoms with Gasteiger partial charge in [0.15, 0.2) is 6.20 Å². The Morgan fingerprint density at radius 2 is 2.00 bits per heavy atom. The fraction of sp³-hybridized carbons (Fsp3) is 0.250. The Morgan fingerprint density at radius 3 is 2.58 bits per heavy atom. The Labute approximate surface area is 81.6 Å². The minimum Gasteiger partial charge on any atom is -0.303 e. The number of aryl methyl sites for hydroxylation is 1. The first-order valence-electron chi connectivity index (χ1n) is 3.55. The highest BCUT2D eigenvalue weighted by atomic mass is 33.1. The number of hydrogen-bond acceptors (Lipinski definition) is 3. The van der Waals surface area contributed by atoms with E-state index in [-0.39, 0.29) is 0 Å². The lowest BCUT2D eigenvalue weighted by atomic mass is 10.2. The fourth-order valence-electron chi connectivity index (χ4n) is 0.802. The minimum atomic E-state index is -1.52. The van der Waals surface area contributed by atoms with Crippen molar-refractivity contribution in [1.29, 1.82) is 0 Å². The maximum absolute atomic E-state index is 11.2. The van der Waals surface area contributed by atoms with E-state index >= 15 is 0 Å². The summed E-state index contributed by atoms with van der Waals surface area (Å²) in [7, 11) is 0. The molecule has 0 fully saturated rings. The maximum Gasteiger partial charge on any atom is 0.184 e. The highest BCUT2D eigenvalue weighted by Gasteiger charge is 2.01. The Hall–Kier alpha value is 0.150. The van der Waals surface area contributed by atoms with Crippen molar-refractivity contribution in [3.63, 3.8) is 0 Å². The molecule has 0 bridgehead atoms. The largest absolute Gasteiger partial charge is 0.303 e. The molecule has 12 heavy (non-hydrogen) atoms. The normalized spacial score (nSPS) is 12.8. The summed E-state index contributed by atoms with van der Waals surface area (Å²) in [4.78, 5) is 1.13. The van der Waals surface area contributed by atoms with Gasteiger partial charge in [-0.2, -0.15) is 0 Å². The molecule has 1 unspecified atom stereocenters. The lowest BCUT2D eigenvalue weighted by Gasteiger charge is -2.02. The topological polar surface area (TPSA) is 17.1 Å². The SMILES string of the molecule is CS[PH](=O)Sc1ccccc1C. The number of rotatable bonds is 3. The molecular formula is C8H11OPS2. The predicted octanol–water partition coefficient (Wildman–Crippen LogP) is 3.84. The Morgan fingerprint density at radius 1 is 1.33 bits per heavy atom. The van der Waals surface area contributed by atoms with Crippen LogP contribution in [0.1, 0.15) is 5.56 Å². The van der Waals surface area contributed by atoms with Crippen LogP contribution in [-0.4, -0.2) is 6.26 Å². The summed E-state index contributed by atoms with van der Waals surface area (Å²) in [5, 5.41) is 0. The Kier molecular flexibility index (Phi) is 4.27. The molecule has 0 aromatic heterocycles. The summed E-state index contributed by atoms with van der Waals surface area (Å²) in [6.45, 7) is 2.04. The van der Waals surface area contributed by atoms with Crippen molar-refractivity contribution in [3.8, 4) is 0 Å². The standard InChI is InChI=1S/C8H11OPS2/c1-7-5-3-4-6-8(7)12-10(9)11-2/h3-6,10H,1-2H3. The van der Waals surface area contributed by atoms with Crippen molar-refractivity contribution in [2.75, 3.05) is 6.26 Å². The van der Waals surface area contributed by atoms with E-state index in [1.165, 1.54) is 28.3 Å². The van der Waals surface area contributed by atoms with Crippen LogP contribution in [0.4, 0.5) is 0 Å². The molecule has 1 nitrogen and oxygen atoms in total. The van der Waals surface area contributed by atoms with Crippen molar-refractivity contribution >= 4 is 29.0 Å². The molecule has 4 heteroatoms. The second-order valence-corrected chi connectivity index (χ2v) is 8.71. The molecule has 0 aliphatic rings. The second kappa shape index (κ2) is 5.00. The maximum atomic E-state index is 11.2. The molecule has 1 aromatic carbocycles. The lowest BCUT2D eigenvalue weighted by molar-refractivity contribution is 0.603. The van der Waals surface area contributed by atoms with Crippen molar-refractivity contribution in [1.82, 2.24) is 0 Å². The molecule has 0 amide bonds. The molecule has 0 saturated heterocycles. The van der Waals surface area contributed by atoms with E-state index in [1.807, 2.05) is 37.4 Å². The van der Waals surface area contributed by atoms with Gasteiger partial charge in [0, 0.05) is 4.90 Å². The van der Waals surface area contributed by atoms with Gasteiger partial charge in [-0.05, 0) is 24.8 Å². The molecule has 0 spiro atoms. The molecule has 0 aliphatic carbocycles. The van der Waals surface area contributed by atoms with Gasteiger partial charge in [-0.15, -0.1) is 0 Å². The van der Waals surface area contributed by atoms with Crippen molar-refractivity contribution in [3.05, 3.63) is 29.8 Å². The van der Waals surface area contributed by atoms with Crippen LogP contribution in [0.15, 0.2) is 29.2 Å². The van der Waals surface area contributed by atoms with Crippen molar-refractivity contribution < 1.29 is 4.57 Å². The zero-order valence-electron chi connectivity index (χ0n) is 7.03. The first-order valence-corrected chi connectivity index (χ1v) is 8.45. The molecule has 0 radical (unpaired) electrons. The zero-order valence-corrected chi connectivity index (χ0v) is 9.67. The molecule has 1 rings (SSSR count). The van der Waals surface area contributed by atoms with Gasteiger partial charge in [-0.25, -0.2) is 0 Å². The molecular weight excluding hydrogens is 207 g/mol. The van der Waals surface area contributed by atoms with Gasteiger partial charge < -0.3 is 4.57 Å². The van der Waals surface area contributed by atoms with Crippen LogP contribution in [0.2, 0.25) is 0 Å². The molecule has 66 valence electrons. The summed E-state index contributed by atoms with van der Waals surface area (Å²) in [5.41, 5.74) is 1.20. The van der Waals surface area contributed by atoms with Crippen LogP contribution in [0, 0.1) is 6.92 Å². The molecule has 0 aliphatic heterocycles. The van der Waals surface area contributed by atoms with Gasteiger partial charge in [0.05, 0.1) is 0 Å². The van der Waals surface area contributed by atoms with Gasteiger partial charge in [0.25, 0.3) is 0 Å². The van der Waals surface area contributed by atoms with Gasteiger partial charge in [-0.3, -0.25) is 0 Å². The Balaban J connectivity index is 2.75. The van der Waals surface area contributed by atoms with Crippen LogP contribution in [0.5, 0.6) is 0 Å². The van der Waals surface area contributed by atoms with E-state index in [9.17, 15) is 4.57 Å². The molecule has 0 N–H and O–H groups in total. The van der Waals surface area contributed by atoms with E-state index in [0.29, 0.717) is 0 Å². The highest BCUT2D eigenvalue weighted by Crippen LogP contribution is 2.53.